The summed E-state index contributed by atoms with van der Waals surface area (Å²) in [5, 5.41) is 6.26. The number of fused-ring (bicyclic) bond motifs is 3. The second-order valence-electron chi connectivity index (χ2n) is 12.9. The Hall–Kier alpha value is -3.55. The number of benzene rings is 2. The van der Waals surface area contributed by atoms with E-state index < -0.39 is 40.0 Å². The van der Waals surface area contributed by atoms with E-state index >= 15 is 13.2 Å². The van der Waals surface area contributed by atoms with Crippen molar-refractivity contribution in [3.8, 4) is 23.0 Å². The molecular formula is C33H34ClF5N6O2. The normalized spacial score (nSPS) is 24.0. The third-order valence-corrected chi connectivity index (χ3v) is 10.2. The molecule has 8 nitrogen and oxygen atoms in total. The Morgan fingerprint density at radius 1 is 1.13 bits per heavy atom. The SMILES string of the molecule is CCC1CN(c2nc(OC[C@@]34CCCN3C[C@H](F)C4)nc3c(C(F)(F)Cl)c(-c4cc(O)cc5ccc(F)c(F)c45)ncc23)CCN1C. The molecule has 3 aliphatic heterocycles. The molecule has 7 rings (SSSR count). The molecule has 0 aliphatic carbocycles. The molecule has 47 heavy (non-hydrogen) atoms. The minimum atomic E-state index is -4.10. The molecule has 0 spiro atoms. The van der Waals surface area contributed by atoms with Gasteiger partial charge in [0.1, 0.15) is 24.3 Å². The van der Waals surface area contributed by atoms with Gasteiger partial charge in [0.25, 0.3) is 0 Å². The van der Waals surface area contributed by atoms with Crippen molar-refractivity contribution in [2.45, 2.75) is 55.7 Å². The van der Waals surface area contributed by atoms with Crippen LogP contribution in [-0.4, -0.2) is 94.0 Å². The van der Waals surface area contributed by atoms with Gasteiger partial charge in [-0.15, -0.1) is 0 Å². The zero-order valence-corrected chi connectivity index (χ0v) is 26.7. The highest BCUT2D eigenvalue weighted by atomic mass is 35.5. The average Bonchev–Trinajstić information content (AvgIpc) is 3.55. The fourth-order valence-electron chi connectivity index (χ4n) is 7.63. The highest BCUT2D eigenvalue weighted by Gasteiger charge is 2.49. The van der Waals surface area contributed by atoms with Crippen LogP contribution < -0.4 is 9.64 Å². The Morgan fingerprint density at radius 3 is 2.70 bits per heavy atom. The van der Waals surface area contributed by atoms with Crippen LogP contribution in [0.4, 0.5) is 27.8 Å². The molecule has 1 N–H and O–H groups in total. The number of phenols is 1. The summed E-state index contributed by atoms with van der Waals surface area (Å²) < 4.78 is 81.7. The number of pyridine rings is 1. The molecule has 3 atom stereocenters. The number of anilines is 1. The number of hydrogen-bond acceptors (Lipinski definition) is 8. The van der Waals surface area contributed by atoms with Crippen LogP contribution in [0.2, 0.25) is 0 Å². The summed E-state index contributed by atoms with van der Waals surface area (Å²) in [6, 6.07) is 4.31. The van der Waals surface area contributed by atoms with Crippen molar-refractivity contribution in [1.82, 2.24) is 24.8 Å². The number of nitrogens with zero attached hydrogens (tertiary/aromatic N) is 6. The highest BCUT2D eigenvalue weighted by Crippen LogP contribution is 2.47. The number of aromatic nitrogens is 3. The number of piperazine rings is 1. The van der Waals surface area contributed by atoms with Crippen molar-refractivity contribution < 1.29 is 31.8 Å². The summed E-state index contributed by atoms with van der Waals surface area (Å²) in [4.78, 5) is 19.7. The fourth-order valence-corrected chi connectivity index (χ4v) is 7.80. The fraction of sp³-hybridized carbons (Fsp3) is 0.485. The number of likely N-dealkylation sites (N-methyl/N-ethyl adjacent to an activating group) is 1. The Labute approximate surface area is 273 Å². The Kier molecular flexibility index (Phi) is 8.07. The maximum Gasteiger partial charge on any atom is 0.352 e. The van der Waals surface area contributed by atoms with Crippen LogP contribution >= 0.6 is 11.6 Å². The summed E-state index contributed by atoms with van der Waals surface area (Å²) in [6.07, 6.45) is 3.03. The largest absolute Gasteiger partial charge is 0.508 e. The lowest BCUT2D eigenvalue weighted by molar-refractivity contribution is 0.0965. The van der Waals surface area contributed by atoms with E-state index in [1.165, 1.54) is 18.3 Å². The summed E-state index contributed by atoms with van der Waals surface area (Å²) in [6.45, 7) is 4.90. The number of halogens is 6. The number of ether oxygens (including phenoxy) is 1. The molecule has 0 amide bonds. The van der Waals surface area contributed by atoms with E-state index in [0.717, 1.165) is 37.9 Å². The lowest BCUT2D eigenvalue weighted by atomic mass is 9.95. The average molecular weight is 677 g/mol. The van der Waals surface area contributed by atoms with Gasteiger partial charge in [0.15, 0.2) is 11.6 Å². The van der Waals surface area contributed by atoms with Crippen molar-refractivity contribution in [2.75, 3.05) is 51.3 Å². The third-order valence-electron chi connectivity index (χ3n) is 10.0. The van der Waals surface area contributed by atoms with Gasteiger partial charge in [0.05, 0.1) is 27.7 Å². The van der Waals surface area contributed by atoms with Crippen molar-refractivity contribution in [3.05, 3.63) is 47.7 Å². The van der Waals surface area contributed by atoms with Crippen LogP contribution in [0.3, 0.4) is 0 Å². The van der Waals surface area contributed by atoms with E-state index in [4.69, 9.17) is 21.3 Å². The van der Waals surface area contributed by atoms with E-state index in [1.807, 2.05) is 11.9 Å². The molecule has 0 bridgehead atoms. The first kappa shape index (κ1) is 32.0. The Morgan fingerprint density at radius 2 is 1.94 bits per heavy atom. The smallest absolute Gasteiger partial charge is 0.352 e. The molecule has 3 saturated heterocycles. The predicted molar refractivity (Wildman–Crippen MR) is 169 cm³/mol. The molecular weight excluding hydrogens is 643 g/mol. The van der Waals surface area contributed by atoms with Crippen LogP contribution in [0.25, 0.3) is 32.9 Å². The number of rotatable bonds is 7. The minimum Gasteiger partial charge on any atom is -0.508 e. The van der Waals surface area contributed by atoms with Gasteiger partial charge in [0, 0.05) is 55.8 Å². The quantitative estimate of drug-likeness (QED) is 0.173. The van der Waals surface area contributed by atoms with Crippen LogP contribution in [0.15, 0.2) is 30.5 Å². The number of phenolic OH excluding ortho intramolecular Hbond substituents is 1. The molecule has 2 aromatic heterocycles. The van der Waals surface area contributed by atoms with Gasteiger partial charge >= 0.3 is 11.4 Å². The molecule has 0 saturated carbocycles. The first-order valence-electron chi connectivity index (χ1n) is 15.7. The van der Waals surface area contributed by atoms with Crippen LogP contribution in [0.5, 0.6) is 11.8 Å². The van der Waals surface area contributed by atoms with Crippen molar-refractivity contribution in [3.63, 3.8) is 0 Å². The van der Waals surface area contributed by atoms with E-state index in [0.29, 0.717) is 32.0 Å². The Bertz CT molecular complexity index is 1860. The lowest BCUT2D eigenvalue weighted by Gasteiger charge is -2.40. The van der Waals surface area contributed by atoms with Gasteiger partial charge in [-0.1, -0.05) is 13.0 Å². The molecule has 3 fully saturated rings. The summed E-state index contributed by atoms with van der Waals surface area (Å²) in [5.41, 5.74) is -2.48. The lowest BCUT2D eigenvalue weighted by Crippen LogP contribution is -2.51. The van der Waals surface area contributed by atoms with Gasteiger partial charge in [-0.2, -0.15) is 18.7 Å². The predicted octanol–water partition coefficient (Wildman–Crippen LogP) is 6.60. The molecule has 1 unspecified atom stereocenters. The topological polar surface area (TPSA) is 77.8 Å². The number of aromatic hydroxyl groups is 1. The van der Waals surface area contributed by atoms with Gasteiger partial charge < -0.3 is 14.7 Å². The van der Waals surface area contributed by atoms with Crippen LogP contribution in [0.1, 0.15) is 38.2 Å². The summed E-state index contributed by atoms with van der Waals surface area (Å²) >= 11 is 5.81. The monoisotopic (exact) mass is 676 g/mol. The number of alkyl halides is 4. The van der Waals surface area contributed by atoms with Crippen LogP contribution in [-0.2, 0) is 5.38 Å². The van der Waals surface area contributed by atoms with Gasteiger partial charge in [-0.3, -0.25) is 14.8 Å². The van der Waals surface area contributed by atoms with E-state index in [-0.39, 0.29) is 58.1 Å². The molecule has 250 valence electrons. The minimum absolute atomic E-state index is 0.0604. The molecule has 5 heterocycles. The summed E-state index contributed by atoms with van der Waals surface area (Å²) in [5.74, 6) is -2.55. The summed E-state index contributed by atoms with van der Waals surface area (Å²) in [7, 11) is 2.02. The van der Waals surface area contributed by atoms with Gasteiger partial charge in [0.2, 0.25) is 0 Å². The molecule has 3 aliphatic rings. The maximum atomic E-state index is 15.7. The first-order valence-corrected chi connectivity index (χ1v) is 16.1. The zero-order chi connectivity index (χ0) is 33.2. The van der Waals surface area contributed by atoms with Crippen molar-refractivity contribution >= 4 is 39.1 Å². The van der Waals surface area contributed by atoms with Gasteiger partial charge in [-0.05, 0) is 68.0 Å². The van der Waals surface area contributed by atoms with Crippen molar-refractivity contribution in [1.29, 1.82) is 0 Å². The van der Waals surface area contributed by atoms with E-state index in [2.05, 4.69) is 26.7 Å². The second-order valence-corrected chi connectivity index (χ2v) is 13.4. The maximum absolute atomic E-state index is 15.7. The molecule has 4 aromatic rings. The standard InChI is InChI=1S/C33H34ClF5N6O2/c1-3-20-16-44(10-9-43(20)2)30-23-14-40-28(22-12-21(46)11-18-5-6-24(36)27(37)25(18)22)26(33(34,38)39)29(23)41-31(42-30)47-17-32-7-4-8-45(32)15-19(35)13-32/h5-6,11-12,14,19-20,46H,3-4,7-10,13,15-17H2,1-2H3/t19-,20?,32+/m1/s1. The number of hydrogen-bond donors (Lipinski definition) is 1. The van der Waals surface area contributed by atoms with E-state index in [9.17, 15) is 13.9 Å². The Balaban J connectivity index is 1.44. The molecule has 0 radical (unpaired) electrons. The molecule has 2 aromatic carbocycles. The first-order chi connectivity index (χ1) is 22.4. The third kappa shape index (κ3) is 5.59. The van der Waals surface area contributed by atoms with E-state index in [1.54, 1.807) is 0 Å². The zero-order valence-electron chi connectivity index (χ0n) is 25.9. The highest BCUT2D eigenvalue weighted by molar-refractivity contribution is 6.23. The van der Waals surface area contributed by atoms with Crippen molar-refractivity contribution in [2.24, 2.45) is 0 Å². The molecule has 14 heteroatoms. The van der Waals surface area contributed by atoms with Gasteiger partial charge in [-0.25, -0.2) is 13.2 Å². The van der Waals surface area contributed by atoms with Crippen LogP contribution in [0, 0.1) is 11.6 Å². The second kappa shape index (κ2) is 11.9.